The van der Waals surface area contributed by atoms with Crippen LogP contribution in [0.15, 0.2) is 60.7 Å². The van der Waals surface area contributed by atoms with E-state index in [1.54, 1.807) is 11.8 Å². The Labute approximate surface area is 186 Å². The summed E-state index contributed by atoms with van der Waals surface area (Å²) in [6.45, 7) is 0.0882. The quantitative estimate of drug-likeness (QED) is 0.518. The van der Waals surface area contributed by atoms with Crippen LogP contribution in [0.5, 0.6) is 0 Å². The van der Waals surface area contributed by atoms with Crippen LogP contribution in [0, 0.1) is 0 Å². The minimum absolute atomic E-state index is 0.0882. The Hall–Kier alpha value is -3.00. The topological polar surface area (TPSA) is 93.7 Å². The number of carbonyl (C=O) groups excluding carboxylic acids is 3. The van der Waals surface area contributed by atoms with Gasteiger partial charge in [-0.05, 0) is 29.6 Å². The molecule has 2 amide bonds. The summed E-state index contributed by atoms with van der Waals surface area (Å²) in [5.41, 5.74) is 1.70. The zero-order valence-corrected chi connectivity index (χ0v) is 18.5. The number of alkyl carbamates (subject to hydrolysis) is 1. The second-order valence-corrected chi connectivity index (χ2v) is 7.80. The Morgan fingerprint density at radius 2 is 1.52 bits per heavy atom. The summed E-state index contributed by atoms with van der Waals surface area (Å²) in [6, 6.07) is 16.9. The molecule has 0 unspecified atom stereocenters. The third-order valence-electron chi connectivity index (χ3n) is 4.52. The Morgan fingerprint density at radius 1 is 0.903 bits per heavy atom. The van der Waals surface area contributed by atoms with E-state index in [-0.39, 0.29) is 13.0 Å². The average Bonchev–Trinajstić information content (AvgIpc) is 2.80. The van der Waals surface area contributed by atoms with Crippen LogP contribution in [0.1, 0.15) is 17.5 Å². The second kappa shape index (κ2) is 13.3. The first-order chi connectivity index (χ1) is 15.0. The molecule has 8 heteroatoms. The van der Waals surface area contributed by atoms with Crippen LogP contribution in [0.3, 0.4) is 0 Å². The number of hydrogen-bond acceptors (Lipinski definition) is 6. The van der Waals surface area contributed by atoms with Crippen molar-refractivity contribution in [2.24, 2.45) is 0 Å². The maximum absolute atomic E-state index is 13.0. The normalized spacial score (nSPS) is 12.3. The fourth-order valence-corrected chi connectivity index (χ4v) is 3.34. The first-order valence-electron chi connectivity index (χ1n) is 9.91. The predicted molar refractivity (Wildman–Crippen MR) is 121 cm³/mol. The zero-order chi connectivity index (χ0) is 22.5. The van der Waals surface area contributed by atoms with Gasteiger partial charge in [0.25, 0.3) is 0 Å². The lowest BCUT2D eigenvalue weighted by Crippen LogP contribution is -2.52. The number of rotatable bonds is 11. The molecule has 166 valence electrons. The van der Waals surface area contributed by atoms with Crippen molar-refractivity contribution in [1.29, 1.82) is 0 Å². The summed E-state index contributed by atoms with van der Waals surface area (Å²) in [4.78, 5) is 37.4. The molecule has 7 nitrogen and oxygen atoms in total. The van der Waals surface area contributed by atoms with Crippen LogP contribution in [0.25, 0.3) is 0 Å². The highest BCUT2D eigenvalue weighted by Gasteiger charge is 2.27. The summed E-state index contributed by atoms with van der Waals surface area (Å²) in [7, 11) is 1.28. The van der Waals surface area contributed by atoms with Gasteiger partial charge in [0, 0.05) is 6.42 Å². The molecule has 31 heavy (non-hydrogen) atoms. The van der Waals surface area contributed by atoms with Crippen LogP contribution in [-0.2, 0) is 32.1 Å². The number of methoxy groups -OCH3 is 1. The van der Waals surface area contributed by atoms with Gasteiger partial charge in [-0.25, -0.2) is 9.59 Å². The van der Waals surface area contributed by atoms with E-state index in [0.29, 0.717) is 12.2 Å². The first-order valence-corrected chi connectivity index (χ1v) is 11.3. The van der Waals surface area contributed by atoms with E-state index in [1.807, 2.05) is 66.9 Å². The van der Waals surface area contributed by atoms with Crippen molar-refractivity contribution in [3.63, 3.8) is 0 Å². The van der Waals surface area contributed by atoms with Crippen molar-refractivity contribution in [3.05, 3.63) is 71.8 Å². The van der Waals surface area contributed by atoms with Gasteiger partial charge in [0.15, 0.2) is 0 Å². The third kappa shape index (κ3) is 8.72. The molecule has 0 spiro atoms. The van der Waals surface area contributed by atoms with Gasteiger partial charge in [-0.3, -0.25) is 4.79 Å². The molecule has 0 heterocycles. The number of thioether (sulfide) groups is 1. The molecular formula is C23H28N2O5S. The molecule has 2 aromatic carbocycles. The van der Waals surface area contributed by atoms with Gasteiger partial charge < -0.3 is 20.1 Å². The van der Waals surface area contributed by atoms with Gasteiger partial charge in [-0.2, -0.15) is 11.8 Å². The minimum Gasteiger partial charge on any atom is -0.467 e. The largest absolute Gasteiger partial charge is 0.467 e. The Kier molecular flexibility index (Phi) is 10.4. The van der Waals surface area contributed by atoms with E-state index in [1.165, 1.54) is 7.11 Å². The van der Waals surface area contributed by atoms with Crippen molar-refractivity contribution in [2.75, 3.05) is 19.1 Å². The lowest BCUT2D eigenvalue weighted by Gasteiger charge is -2.22. The molecule has 0 aliphatic heterocycles. The van der Waals surface area contributed by atoms with E-state index in [9.17, 15) is 14.4 Å². The van der Waals surface area contributed by atoms with Crippen LogP contribution in [-0.4, -0.2) is 49.2 Å². The predicted octanol–water partition coefficient (Wildman–Crippen LogP) is 2.94. The average molecular weight is 445 g/mol. The first kappa shape index (κ1) is 24.3. The smallest absolute Gasteiger partial charge is 0.408 e. The summed E-state index contributed by atoms with van der Waals surface area (Å²) < 4.78 is 10.1. The van der Waals surface area contributed by atoms with Gasteiger partial charge in [0.1, 0.15) is 18.7 Å². The SMILES string of the molecule is COC(=O)[C@@H](CCSC)NC(=O)[C@@H](Cc1ccccc1)NC(=O)OCc1ccccc1. The van der Waals surface area contributed by atoms with Gasteiger partial charge in [0.05, 0.1) is 7.11 Å². The number of ether oxygens (including phenoxy) is 2. The maximum atomic E-state index is 13.0. The van der Waals surface area contributed by atoms with E-state index in [2.05, 4.69) is 10.6 Å². The highest BCUT2D eigenvalue weighted by molar-refractivity contribution is 7.98. The molecule has 2 N–H and O–H groups in total. The Bertz CT molecular complexity index is 832. The zero-order valence-electron chi connectivity index (χ0n) is 17.7. The van der Waals surface area contributed by atoms with Gasteiger partial charge in [-0.1, -0.05) is 60.7 Å². The van der Waals surface area contributed by atoms with Crippen LogP contribution in [0.4, 0.5) is 4.79 Å². The summed E-state index contributed by atoms with van der Waals surface area (Å²) >= 11 is 1.56. The molecule has 0 aliphatic rings. The van der Waals surface area contributed by atoms with Crippen LogP contribution in [0.2, 0.25) is 0 Å². The molecule has 0 bridgehead atoms. The molecular weight excluding hydrogens is 416 g/mol. The standard InChI is InChI=1S/C23H28N2O5S/c1-29-22(27)19(13-14-31-2)24-21(26)20(15-17-9-5-3-6-10-17)25-23(28)30-16-18-11-7-4-8-12-18/h3-12,19-20H,13-16H2,1-2H3,(H,24,26)(H,25,28)/t19-,20-/m1/s1. The molecule has 0 radical (unpaired) electrons. The minimum atomic E-state index is -0.910. The number of hydrogen-bond donors (Lipinski definition) is 2. The molecule has 0 aromatic heterocycles. The van der Waals surface area contributed by atoms with E-state index < -0.39 is 30.1 Å². The number of carbonyl (C=O) groups is 3. The molecule has 0 saturated carbocycles. The van der Waals surface area contributed by atoms with Crippen molar-refractivity contribution >= 4 is 29.7 Å². The molecule has 2 rings (SSSR count). The van der Waals surface area contributed by atoms with Gasteiger partial charge in [-0.15, -0.1) is 0 Å². The molecule has 0 fully saturated rings. The maximum Gasteiger partial charge on any atom is 0.408 e. The highest BCUT2D eigenvalue weighted by atomic mass is 32.2. The number of amides is 2. The van der Waals surface area contributed by atoms with Gasteiger partial charge in [0.2, 0.25) is 5.91 Å². The van der Waals surface area contributed by atoms with Crippen molar-refractivity contribution in [3.8, 4) is 0 Å². The monoisotopic (exact) mass is 444 g/mol. The molecule has 0 saturated heterocycles. The third-order valence-corrected chi connectivity index (χ3v) is 5.16. The Balaban J connectivity index is 2.06. The van der Waals surface area contributed by atoms with Crippen LogP contribution < -0.4 is 10.6 Å². The fourth-order valence-electron chi connectivity index (χ4n) is 2.87. The number of benzene rings is 2. The molecule has 2 aromatic rings. The number of nitrogens with one attached hydrogen (secondary N) is 2. The summed E-state index contributed by atoms with van der Waals surface area (Å²) in [5.74, 6) is -0.319. The van der Waals surface area contributed by atoms with Crippen molar-refractivity contribution in [1.82, 2.24) is 10.6 Å². The van der Waals surface area contributed by atoms with E-state index in [4.69, 9.17) is 9.47 Å². The molecule has 2 atom stereocenters. The Morgan fingerprint density at radius 3 is 2.10 bits per heavy atom. The van der Waals surface area contributed by atoms with E-state index >= 15 is 0 Å². The van der Waals surface area contributed by atoms with Crippen LogP contribution >= 0.6 is 11.8 Å². The molecule has 0 aliphatic carbocycles. The second-order valence-electron chi connectivity index (χ2n) is 6.81. The van der Waals surface area contributed by atoms with Gasteiger partial charge >= 0.3 is 12.1 Å². The fraction of sp³-hybridized carbons (Fsp3) is 0.348. The lowest BCUT2D eigenvalue weighted by atomic mass is 10.0. The lowest BCUT2D eigenvalue weighted by molar-refractivity contribution is -0.145. The van der Waals surface area contributed by atoms with E-state index in [0.717, 1.165) is 11.1 Å². The summed E-state index contributed by atoms with van der Waals surface area (Å²) in [5, 5.41) is 5.33. The van der Waals surface area contributed by atoms with Crippen molar-refractivity contribution in [2.45, 2.75) is 31.5 Å². The van der Waals surface area contributed by atoms with Crippen molar-refractivity contribution < 1.29 is 23.9 Å². The number of esters is 1. The highest BCUT2D eigenvalue weighted by Crippen LogP contribution is 2.08. The summed E-state index contributed by atoms with van der Waals surface area (Å²) in [6.07, 6.45) is 1.89.